The third-order valence-electron chi connectivity index (χ3n) is 3.01. The van der Waals surface area contributed by atoms with E-state index in [1.54, 1.807) is 17.9 Å². The Morgan fingerprint density at radius 3 is 2.74 bits per heavy atom. The first-order valence-electron chi connectivity index (χ1n) is 6.01. The topological polar surface area (TPSA) is 108 Å². The van der Waals surface area contributed by atoms with Crippen LogP contribution in [0.4, 0.5) is 0 Å². The fourth-order valence-corrected chi connectivity index (χ4v) is 1.99. The van der Waals surface area contributed by atoms with Crippen LogP contribution in [0.2, 0.25) is 0 Å². The Kier molecular flexibility index (Phi) is 4.00. The number of oxime groups is 1. The van der Waals surface area contributed by atoms with Crippen LogP contribution in [0.15, 0.2) is 15.7 Å². The number of carbonyl (C=O) groups is 1. The molecule has 1 aliphatic heterocycles. The Bertz CT molecular complexity index is 476. The van der Waals surface area contributed by atoms with Gasteiger partial charge in [0.1, 0.15) is 0 Å². The third-order valence-corrected chi connectivity index (χ3v) is 3.01. The Labute approximate surface area is 110 Å². The normalized spacial score (nSPS) is 17.7. The first-order valence-corrected chi connectivity index (χ1v) is 6.01. The van der Waals surface area contributed by atoms with Crippen molar-refractivity contribution in [3.63, 3.8) is 0 Å². The molecule has 1 aromatic rings. The van der Waals surface area contributed by atoms with E-state index in [0.717, 1.165) is 0 Å². The van der Waals surface area contributed by atoms with Gasteiger partial charge in [0.2, 0.25) is 5.76 Å². The van der Waals surface area contributed by atoms with Gasteiger partial charge in [-0.3, -0.25) is 9.69 Å². The third kappa shape index (κ3) is 3.22. The smallest absolute Gasteiger partial charge is 0.292 e. The number of nitrogens with two attached hydrogens (primary N) is 1. The van der Waals surface area contributed by atoms with Crippen molar-refractivity contribution in [2.24, 2.45) is 10.9 Å². The lowest BCUT2D eigenvalue weighted by Crippen LogP contribution is -2.50. The van der Waals surface area contributed by atoms with Gasteiger partial charge in [-0.1, -0.05) is 10.3 Å². The first-order chi connectivity index (χ1) is 9.10. The van der Waals surface area contributed by atoms with Crippen LogP contribution in [0.3, 0.4) is 0 Å². The summed E-state index contributed by atoms with van der Waals surface area (Å²) >= 11 is 0. The number of aromatic nitrogens is 1. The molecule has 0 bridgehead atoms. The second kappa shape index (κ2) is 5.70. The highest BCUT2D eigenvalue weighted by Crippen LogP contribution is 2.09. The number of nitrogens with zero attached hydrogens (tertiary/aromatic N) is 4. The number of piperazine rings is 1. The number of rotatable bonds is 3. The van der Waals surface area contributed by atoms with Crippen molar-refractivity contribution in [3.8, 4) is 0 Å². The monoisotopic (exact) mass is 267 g/mol. The maximum absolute atomic E-state index is 12.1. The Balaban J connectivity index is 1.88. The fourth-order valence-electron chi connectivity index (χ4n) is 1.99. The van der Waals surface area contributed by atoms with Crippen molar-refractivity contribution >= 4 is 11.7 Å². The number of amides is 1. The van der Waals surface area contributed by atoms with Gasteiger partial charge in [0, 0.05) is 32.2 Å². The van der Waals surface area contributed by atoms with E-state index in [1.807, 2.05) is 4.90 Å². The lowest BCUT2D eigenvalue weighted by Gasteiger charge is -2.33. The second-order valence-corrected chi connectivity index (χ2v) is 4.49. The quantitative estimate of drug-likeness (QED) is 0.330. The largest absolute Gasteiger partial charge is 0.409 e. The Morgan fingerprint density at radius 2 is 2.21 bits per heavy atom. The van der Waals surface area contributed by atoms with Crippen LogP contribution in [0, 0.1) is 6.92 Å². The lowest BCUT2D eigenvalue weighted by molar-refractivity contribution is 0.0612. The maximum atomic E-state index is 12.1. The molecule has 8 nitrogen and oxygen atoms in total. The molecule has 2 heterocycles. The van der Waals surface area contributed by atoms with E-state index >= 15 is 0 Å². The molecule has 3 N–H and O–H groups in total. The summed E-state index contributed by atoms with van der Waals surface area (Å²) in [7, 11) is 0. The predicted octanol–water partition coefficient (Wildman–Crippen LogP) is -0.513. The molecule has 0 radical (unpaired) electrons. The van der Waals surface area contributed by atoms with Gasteiger partial charge in [-0.15, -0.1) is 0 Å². The standard InChI is InChI=1S/C11H17N5O3/c1-8-6-9(19-14-8)11(17)16-4-2-15(3-5-16)7-10(12)13-18/h6,18H,2-5,7H2,1H3,(H2,12,13). The van der Waals surface area contributed by atoms with Gasteiger partial charge >= 0.3 is 0 Å². The molecular weight excluding hydrogens is 250 g/mol. The molecule has 0 spiro atoms. The van der Waals surface area contributed by atoms with Crippen molar-refractivity contribution in [3.05, 3.63) is 17.5 Å². The number of amidine groups is 1. The van der Waals surface area contributed by atoms with Gasteiger partial charge in [0.15, 0.2) is 5.84 Å². The molecule has 1 aliphatic rings. The summed E-state index contributed by atoms with van der Waals surface area (Å²) in [6.07, 6.45) is 0. The van der Waals surface area contributed by atoms with Gasteiger partial charge in [0.05, 0.1) is 12.2 Å². The zero-order valence-corrected chi connectivity index (χ0v) is 10.7. The van der Waals surface area contributed by atoms with E-state index in [1.165, 1.54) is 0 Å². The first kappa shape index (κ1) is 13.3. The zero-order valence-electron chi connectivity index (χ0n) is 10.7. The molecule has 0 atom stereocenters. The number of aryl methyl sites for hydroxylation is 1. The zero-order chi connectivity index (χ0) is 13.8. The molecule has 0 aromatic carbocycles. The molecule has 1 amide bonds. The van der Waals surface area contributed by atoms with Gasteiger partial charge in [-0.05, 0) is 6.92 Å². The van der Waals surface area contributed by atoms with E-state index < -0.39 is 0 Å². The molecule has 2 rings (SSSR count). The molecule has 0 unspecified atom stereocenters. The van der Waals surface area contributed by atoms with Crippen molar-refractivity contribution in [1.29, 1.82) is 0 Å². The van der Waals surface area contributed by atoms with Crippen LogP contribution in [-0.2, 0) is 0 Å². The van der Waals surface area contributed by atoms with E-state index in [9.17, 15) is 4.79 Å². The second-order valence-electron chi connectivity index (χ2n) is 4.49. The van der Waals surface area contributed by atoms with E-state index in [-0.39, 0.29) is 17.5 Å². The van der Waals surface area contributed by atoms with Crippen molar-refractivity contribution in [2.45, 2.75) is 6.92 Å². The van der Waals surface area contributed by atoms with Gasteiger partial charge in [-0.2, -0.15) is 0 Å². The van der Waals surface area contributed by atoms with Crippen LogP contribution >= 0.6 is 0 Å². The number of carbonyl (C=O) groups excluding carboxylic acids is 1. The van der Waals surface area contributed by atoms with Gasteiger partial charge in [-0.25, -0.2) is 0 Å². The highest BCUT2D eigenvalue weighted by molar-refractivity contribution is 5.91. The average Bonchev–Trinajstić information content (AvgIpc) is 2.85. The van der Waals surface area contributed by atoms with Crippen molar-refractivity contribution in [1.82, 2.24) is 15.0 Å². The molecule has 1 fully saturated rings. The Morgan fingerprint density at radius 1 is 1.53 bits per heavy atom. The maximum Gasteiger partial charge on any atom is 0.292 e. The average molecular weight is 267 g/mol. The molecule has 8 heteroatoms. The molecule has 0 aliphatic carbocycles. The van der Waals surface area contributed by atoms with Crippen LogP contribution in [0.1, 0.15) is 16.2 Å². The van der Waals surface area contributed by atoms with E-state index in [2.05, 4.69) is 10.3 Å². The van der Waals surface area contributed by atoms with Crippen LogP contribution in [0.25, 0.3) is 0 Å². The molecule has 1 saturated heterocycles. The summed E-state index contributed by atoms with van der Waals surface area (Å²) in [4.78, 5) is 15.8. The minimum Gasteiger partial charge on any atom is -0.409 e. The number of hydrogen-bond donors (Lipinski definition) is 2. The molecule has 19 heavy (non-hydrogen) atoms. The molecule has 104 valence electrons. The van der Waals surface area contributed by atoms with Crippen LogP contribution in [0.5, 0.6) is 0 Å². The SMILES string of the molecule is Cc1cc(C(=O)N2CCN(CC(N)=NO)CC2)on1. The molecular formula is C11H17N5O3. The number of hydrogen-bond acceptors (Lipinski definition) is 6. The predicted molar refractivity (Wildman–Crippen MR) is 67.0 cm³/mol. The summed E-state index contributed by atoms with van der Waals surface area (Å²) in [6, 6.07) is 1.63. The summed E-state index contributed by atoms with van der Waals surface area (Å²) in [5.74, 6) is 0.289. The van der Waals surface area contributed by atoms with E-state index in [4.69, 9.17) is 15.5 Å². The minimum atomic E-state index is -0.149. The highest BCUT2D eigenvalue weighted by Gasteiger charge is 2.24. The summed E-state index contributed by atoms with van der Waals surface area (Å²) in [5.41, 5.74) is 6.14. The van der Waals surface area contributed by atoms with Gasteiger partial charge < -0.3 is 20.4 Å². The highest BCUT2D eigenvalue weighted by atomic mass is 16.5. The minimum absolute atomic E-state index is 0.149. The van der Waals surface area contributed by atoms with Crippen LogP contribution in [-0.4, -0.2) is 64.6 Å². The van der Waals surface area contributed by atoms with Crippen molar-refractivity contribution in [2.75, 3.05) is 32.7 Å². The fraction of sp³-hybridized carbons (Fsp3) is 0.545. The molecule has 1 aromatic heterocycles. The Hall–Kier alpha value is -2.09. The molecule has 0 saturated carbocycles. The van der Waals surface area contributed by atoms with Crippen molar-refractivity contribution < 1.29 is 14.5 Å². The lowest BCUT2D eigenvalue weighted by atomic mass is 10.2. The van der Waals surface area contributed by atoms with Crippen LogP contribution < -0.4 is 5.73 Å². The summed E-state index contributed by atoms with van der Waals surface area (Å²) < 4.78 is 4.96. The van der Waals surface area contributed by atoms with Gasteiger partial charge in [0.25, 0.3) is 5.91 Å². The summed E-state index contributed by atoms with van der Waals surface area (Å²) in [5, 5.41) is 15.2. The summed E-state index contributed by atoms with van der Waals surface area (Å²) in [6.45, 7) is 4.69. The van der Waals surface area contributed by atoms with E-state index in [0.29, 0.717) is 38.4 Å².